The van der Waals surface area contributed by atoms with Crippen molar-refractivity contribution < 1.29 is 0 Å². The number of anilines is 2. The van der Waals surface area contributed by atoms with Crippen molar-refractivity contribution in [1.29, 1.82) is 0 Å². The molecule has 1 aromatic heterocycles. The number of hydrogen-bond acceptors (Lipinski definition) is 3. The minimum absolute atomic E-state index is 0.546. The molecule has 2 aromatic rings. The van der Waals surface area contributed by atoms with Gasteiger partial charge in [-0.05, 0) is 62.0 Å². The standard InChI is InChI=1S/C16H18ClN3S2/c1-9-3-6-12-14(7-9)22-16(19-12)20-15(21)18-13-8-11(17)5-4-10(13)2/h4-5,8-9H,3,6-7H2,1-2H3,(H2,18,19,20,21). The van der Waals surface area contributed by atoms with E-state index in [1.807, 2.05) is 25.1 Å². The van der Waals surface area contributed by atoms with Crippen molar-refractivity contribution in [3.05, 3.63) is 39.4 Å². The van der Waals surface area contributed by atoms with E-state index in [2.05, 4.69) is 22.5 Å². The minimum Gasteiger partial charge on any atom is -0.332 e. The van der Waals surface area contributed by atoms with Gasteiger partial charge in [0.15, 0.2) is 10.2 Å². The van der Waals surface area contributed by atoms with Crippen molar-refractivity contribution in [3.8, 4) is 0 Å². The summed E-state index contributed by atoms with van der Waals surface area (Å²) in [6.45, 7) is 4.31. The first-order chi connectivity index (χ1) is 10.5. The number of fused-ring (bicyclic) bond motifs is 1. The summed E-state index contributed by atoms with van der Waals surface area (Å²) in [6.07, 6.45) is 3.42. The Morgan fingerprint density at radius 1 is 1.41 bits per heavy atom. The van der Waals surface area contributed by atoms with Crippen LogP contribution in [0.3, 0.4) is 0 Å². The van der Waals surface area contributed by atoms with Crippen LogP contribution in [0.25, 0.3) is 0 Å². The molecule has 0 bridgehead atoms. The summed E-state index contributed by atoms with van der Waals surface area (Å²) >= 11 is 13.1. The van der Waals surface area contributed by atoms with Gasteiger partial charge in [-0.25, -0.2) is 4.98 Å². The number of halogens is 1. The fourth-order valence-electron chi connectivity index (χ4n) is 2.57. The van der Waals surface area contributed by atoms with E-state index in [4.69, 9.17) is 23.8 Å². The number of nitrogens with one attached hydrogen (secondary N) is 2. The molecule has 116 valence electrons. The van der Waals surface area contributed by atoms with Crippen molar-refractivity contribution in [2.75, 3.05) is 10.6 Å². The summed E-state index contributed by atoms with van der Waals surface area (Å²) in [5.41, 5.74) is 3.24. The summed E-state index contributed by atoms with van der Waals surface area (Å²) in [5, 5.41) is 8.49. The van der Waals surface area contributed by atoms with Gasteiger partial charge in [0, 0.05) is 15.6 Å². The molecule has 0 aliphatic heterocycles. The predicted molar refractivity (Wildman–Crippen MR) is 99.3 cm³/mol. The molecule has 1 atom stereocenters. The van der Waals surface area contributed by atoms with Gasteiger partial charge in [0.25, 0.3) is 0 Å². The summed E-state index contributed by atoms with van der Waals surface area (Å²) in [4.78, 5) is 6.05. The average Bonchev–Trinajstić information content (AvgIpc) is 2.84. The van der Waals surface area contributed by atoms with Gasteiger partial charge in [-0.3, -0.25) is 0 Å². The molecule has 3 nitrogen and oxygen atoms in total. The smallest absolute Gasteiger partial charge is 0.189 e. The largest absolute Gasteiger partial charge is 0.332 e. The monoisotopic (exact) mass is 351 g/mol. The molecule has 1 aliphatic carbocycles. The van der Waals surface area contributed by atoms with E-state index in [0.29, 0.717) is 10.1 Å². The number of nitrogens with zero attached hydrogens (tertiary/aromatic N) is 1. The van der Waals surface area contributed by atoms with E-state index >= 15 is 0 Å². The molecule has 1 unspecified atom stereocenters. The summed E-state index contributed by atoms with van der Waals surface area (Å²) in [6, 6.07) is 5.71. The van der Waals surface area contributed by atoms with Gasteiger partial charge in [-0.1, -0.05) is 24.6 Å². The lowest BCUT2D eigenvalue weighted by Crippen LogP contribution is -2.19. The van der Waals surface area contributed by atoms with E-state index in [0.717, 1.165) is 35.1 Å². The fourth-order valence-corrected chi connectivity index (χ4v) is 4.19. The molecule has 1 aliphatic rings. The quantitative estimate of drug-likeness (QED) is 0.743. The third-order valence-electron chi connectivity index (χ3n) is 3.85. The molecule has 0 saturated carbocycles. The Kier molecular flexibility index (Phi) is 4.66. The summed E-state index contributed by atoms with van der Waals surface area (Å²) < 4.78 is 0. The minimum atomic E-state index is 0.546. The van der Waals surface area contributed by atoms with Crippen molar-refractivity contribution >= 4 is 51.1 Å². The Morgan fingerprint density at radius 2 is 2.23 bits per heavy atom. The van der Waals surface area contributed by atoms with E-state index in [1.165, 1.54) is 17.0 Å². The first kappa shape index (κ1) is 15.7. The highest BCUT2D eigenvalue weighted by molar-refractivity contribution is 7.80. The Hall–Kier alpha value is -1.17. The van der Waals surface area contributed by atoms with Crippen LogP contribution in [0.1, 0.15) is 29.5 Å². The third-order valence-corrected chi connectivity index (χ3v) is 5.33. The lowest BCUT2D eigenvalue weighted by Gasteiger charge is -2.15. The molecular formula is C16H18ClN3S2. The molecule has 3 rings (SSSR count). The zero-order chi connectivity index (χ0) is 15.7. The van der Waals surface area contributed by atoms with E-state index in [1.54, 1.807) is 11.3 Å². The van der Waals surface area contributed by atoms with Gasteiger partial charge >= 0.3 is 0 Å². The number of aryl methyl sites for hydroxylation is 2. The highest BCUT2D eigenvalue weighted by Crippen LogP contribution is 2.32. The van der Waals surface area contributed by atoms with Gasteiger partial charge in [0.1, 0.15) is 0 Å². The van der Waals surface area contributed by atoms with Gasteiger partial charge in [0.2, 0.25) is 0 Å². The number of thiocarbonyl (C=S) groups is 1. The summed E-state index contributed by atoms with van der Waals surface area (Å²) in [5.74, 6) is 0.750. The number of rotatable bonds is 2. The number of benzene rings is 1. The zero-order valence-electron chi connectivity index (χ0n) is 12.6. The van der Waals surface area contributed by atoms with E-state index in [-0.39, 0.29) is 0 Å². The van der Waals surface area contributed by atoms with Crippen molar-refractivity contribution in [3.63, 3.8) is 0 Å². The van der Waals surface area contributed by atoms with Gasteiger partial charge < -0.3 is 10.6 Å². The normalized spacial score (nSPS) is 17.0. The Morgan fingerprint density at radius 3 is 3.05 bits per heavy atom. The maximum atomic E-state index is 6.03. The summed E-state index contributed by atoms with van der Waals surface area (Å²) in [7, 11) is 0. The molecule has 22 heavy (non-hydrogen) atoms. The van der Waals surface area contributed by atoms with Crippen LogP contribution in [0, 0.1) is 12.8 Å². The predicted octanol–water partition coefficient (Wildman–Crippen LogP) is 5.04. The second-order valence-corrected chi connectivity index (χ2v) is 7.70. The van der Waals surface area contributed by atoms with Crippen LogP contribution in [-0.2, 0) is 12.8 Å². The SMILES string of the molecule is Cc1ccc(Cl)cc1NC(=S)Nc1nc2c(s1)CC(C)CC2. The fraction of sp³-hybridized carbons (Fsp3) is 0.375. The molecule has 0 saturated heterocycles. The Labute approximate surface area is 145 Å². The maximum Gasteiger partial charge on any atom is 0.189 e. The Balaban J connectivity index is 1.68. The third kappa shape index (κ3) is 3.59. The molecule has 2 N–H and O–H groups in total. The topological polar surface area (TPSA) is 37.0 Å². The highest BCUT2D eigenvalue weighted by atomic mass is 35.5. The second kappa shape index (κ2) is 6.52. The van der Waals surface area contributed by atoms with Gasteiger partial charge in [0.05, 0.1) is 5.69 Å². The lowest BCUT2D eigenvalue weighted by atomic mass is 9.93. The average molecular weight is 352 g/mol. The second-order valence-electron chi connectivity index (χ2n) is 5.78. The number of aromatic nitrogens is 1. The van der Waals surface area contributed by atoms with Gasteiger partial charge in [-0.15, -0.1) is 11.3 Å². The highest BCUT2D eigenvalue weighted by Gasteiger charge is 2.20. The number of thiazole rings is 1. The molecule has 1 heterocycles. The zero-order valence-corrected chi connectivity index (χ0v) is 15.0. The molecule has 0 amide bonds. The van der Waals surface area contributed by atoms with Crippen molar-refractivity contribution in [2.45, 2.75) is 33.1 Å². The van der Waals surface area contributed by atoms with E-state index in [9.17, 15) is 0 Å². The van der Waals surface area contributed by atoms with Crippen LogP contribution in [0.2, 0.25) is 5.02 Å². The van der Waals surface area contributed by atoms with Crippen molar-refractivity contribution in [1.82, 2.24) is 4.98 Å². The van der Waals surface area contributed by atoms with E-state index < -0.39 is 0 Å². The molecule has 6 heteroatoms. The molecule has 0 radical (unpaired) electrons. The van der Waals surface area contributed by atoms with Crippen molar-refractivity contribution in [2.24, 2.45) is 5.92 Å². The maximum absolute atomic E-state index is 6.03. The van der Waals surface area contributed by atoms with Crippen LogP contribution in [0.5, 0.6) is 0 Å². The van der Waals surface area contributed by atoms with Gasteiger partial charge in [-0.2, -0.15) is 0 Å². The molecule has 0 fully saturated rings. The lowest BCUT2D eigenvalue weighted by molar-refractivity contribution is 0.502. The molecular weight excluding hydrogens is 334 g/mol. The van der Waals surface area contributed by atoms with Crippen LogP contribution in [0.15, 0.2) is 18.2 Å². The van der Waals surface area contributed by atoms with Crippen LogP contribution in [0.4, 0.5) is 10.8 Å². The molecule has 1 aromatic carbocycles. The first-order valence-corrected chi connectivity index (χ1v) is 8.94. The van der Waals surface area contributed by atoms with Crippen LogP contribution < -0.4 is 10.6 Å². The Bertz CT molecular complexity index is 711. The number of hydrogen-bond donors (Lipinski definition) is 2. The van der Waals surface area contributed by atoms with Crippen LogP contribution >= 0.6 is 35.2 Å². The first-order valence-electron chi connectivity index (χ1n) is 7.34. The van der Waals surface area contributed by atoms with Crippen LogP contribution in [-0.4, -0.2) is 10.1 Å². The molecule has 0 spiro atoms.